The molecule has 1 atom stereocenters. The Morgan fingerprint density at radius 1 is 1.43 bits per heavy atom. The van der Waals surface area contributed by atoms with Crippen LogP contribution in [0.5, 0.6) is 0 Å². The molecule has 1 unspecified atom stereocenters. The fraction of sp³-hybridized carbons (Fsp3) is 0.357. The van der Waals surface area contributed by atoms with E-state index >= 15 is 0 Å². The van der Waals surface area contributed by atoms with Crippen molar-refractivity contribution in [1.29, 1.82) is 0 Å². The Bertz CT molecular complexity index is 605. The molecule has 1 fully saturated rings. The van der Waals surface area contributed by atoms with Crippen LogP contribution in [0.4, 0.5) is 10.1 Å². The van der Waals surface area contributed by atoms with Crippen molar-refractivity contribution < 1.29 is 23.5 Å². The number of hydrogen-bond donors (Lipinski definition) is 0. The molecule has 0 radical (unpaired) electrons. The summed E-state index contributed by atoms with van der Waals surface area (Å²) in [4.78, 5) is 36.0. The standard InChI is InChI=1S/C14H14FNO4S/c1-8(17)21-10-6-13(18)16(7-10)9-3-4-12(15)11(5-9)14(19)20-2/h3-5,10H,6-7H2,1-2H3. The normalized spacial score (nSPS) is 18.0. The van der Waals surface area contributed by atoms with E-state index in [0.29, 0.717) is 12.2 Å². The summed E-state index contributed by atoms with van der Waals surface area (Å²) in [6.07, 6.45) is 0.245. The number of carbonyl (C=O) groups excluding carboxylic acids is 3. The third-order valence-corrected chi connectivity index (χ3v) is 4.07. The number of nitrogens with zero attached hydrogens (tertiary/aromatic N) is 1. The SMILES string of the molecule is COC(=O)c1cc(N2CC(SC(C)=O)CC2=O)ccc1F. The summed E-state index contributed by atoms with van der Waals surface area (Å²) in [6.45, 7) is 1.81. The first-order valence-electron chi connectivity index (χ1n) is 6.28. The summed E-state index contributed by atoms with van der Waals surface area (Å²) in [6, 6.07) is 3.85. The fourth-order valence-electron chi connectivity index (χ4n) is 2.19. The molecule has 0 bridgehead atoms. The van der Waals surface area contributed by atoms with Gasteiger partial charge in [0.1, 0.15) is 5.82 Å². The molecule has 112 valence electrons. The Kier molecular flexibility index (Phi) is 4.62. The van der Waals surface area contributed by atoms with Crippen LogP contribution in [-0.2, 0) is 14.3 Å². The molecule has 1 aromatic carbocycles. The van der Waals surface area contributed by atoms with E-state index in [0.717, 1.165) is 24.9 Å². The number of ether oxygens (including phenoxy) is 1. The van der Waals surface area contributed by atoms with Gasteiger partial charge in [0.25, 0.3) is 0 Å². The minimum Gasteiger partial charge on any atom is -0.465 e. The predicted octanol–water partition coefficient (Wildman–Crippen LogP) is 2.00. The average Bonchev–Trinajstić information content (AvgIpc) is 2.78. The minimum absolute atomic E-state index is 0.0518. The van der Waals surface area contributed by atoms with Crippen molar-refractivity contribution in [3.05, 3.63) is 29.6 Å². The quantitative estimate of drug-likeness (QED) is 0.799. The Morgan fingerprint density at radius 3 is 2.76 bits per heavy atom. The van der Waals surface area contributed by atoms with Gasteiger partial charge in [-0.2, -0.15) is 0 Å². The number of amides is 1. The summed E-state index contributed by atoms with van der Waals surface area (Å²) in [5, 5.41) is -0.175. The first-order chi connectivity index (χ1) is 9.92. The van der Waals surface area contributed by atoms with Crippen molar-refractivity contribution in [1.82, 2.24) is 0 Å². The van der Waals surface area contributed by atoms with Crippen molar-refractivity contribution in [2.75, 3.05) is 18.6 Å². The Hall–Kier alpha value is -1.89. The molecule has 0 aromatic heterocycles. The summed E-state index contributed by atoms with van der Waals surface area (Å²) < 4.78 is 18.1. The highest BCUT2D eigenvalue weighted by molar-refractivity contribution is 8.14. The zero-order chi connectivity index (χ0) is 15.6. The molecular weight excluding hydrogens is 297 g/mol. The molecular formula is C14H14FNO4S. The van der Waals surface area contributed by atoms with Crippen molar-refractivity contribution in [3.63, 3.8) is 0 Å². The van der Waals surface area contributed by atoms with E-state index in [-0.39, 0.29) is 28.3 Å². The maximum absolute atomic E-state index is 13.6. The molecule has 1 heterocycles. The van der Waals surface area contributed by atoms with Crippen LogP contribution in [0.15, 0.2) is 18.2 Å². The minimum atomic E-state index is -0.796. The molecule has 7 heteroatoms. The summed E-state index contributed by atoms with van der Waals surface area (Å²) in [5.74, 6) is -1.65. The zero-order valence-corrected chi connectivity index (χ0v) is 12.4. The Balaban J connectivity index is 2.24. The number of halogens is 1. The van der Waals surface area contributed by atoms with Crippen LogP contribution in [-0.4, -0.2) is 35.9 Å². The summed E-state index contributed by atoms with van der Waals surface area (Å²) in [5.41, 5.74) is 0.207. The third kappa shape index (κ3) is 3.41. The van der Waals surface area contributed by atoms with Crippen LogP contribution < -0.4 is 4.90 Å². The molecule has 1 saturated heterocycles. The van der Waals surface area contributed by atoms with Crippen molar-refractivity contribution in [2.24, 2.45) is 0 Å². The second-order valence-electron chi connectivity index (χ2n) is 4.60. The van der Waals surface area contributed by atoms with E-state index in [1.165, 1.54) is 24.0 Å². The van der Waals surface area contributed by atoms with E-state index in [9.17, 15) is 18.8 Å². The molecule has 0 saturated carbocycles. The number of esters is 1. The molecule has 1 aromatic rings. The highest BCUT2D eigenvalue weighted by atomic mass is 32.2. The first-order valence-corrected chi connectivity index (χ1v) is 7.15. The molecule has 0 aliphatic carbocycles. The van der Waals surface area contributed by atoms with Gasteiger partial charge in [-0.1, -0.05) is 11.8 Å². The van der Waals surface area contributed by atoms with Crippen LogP contribution in [0, 0.1) is 5.82 Å². The number of anilines is 1. The van der Waals surface area contributed by atoms with E-state index in [1.807, 2.05) is 0 Å². The molecule has 21 heavy (non-hydrogen) atoms. The van der Waals surface area contributed by atoms with Gasteiger partial charge in [0, 0.05) is 30.8 Å². The molecule has 2 rings (SSSR count). The number of thioether (sulfide) groups is 1. The highest BCUT2D eigenvalue weighted by Gasteiger charge is 2.32. The lowest BCUT2D eigenvalue weighted by atomic mass is 10.2. The zero-order valence-electron chi connectivity index (χ0n) is 11.6. The van der Waals surface area contributed by atoms with E-state index in [1.54, 1.807) is 0 Å². The number of methoxy groups -OCH3 is 1. The average molecular weight is 311 g/mol. The highest BCUT2D eigenvalue weighted by Crippen LogP contribution is 2.29. The van der Waals surface area contributed by atoms with E-state index in [4.69, 9.17) is 0 Å². The molecule has 1 amide bonds. The number of carbonyl (C=O) groups is 3. The topological polar surface area (TPSA) is 63.7 Å². The monoisotopic (exact) mass is 311 g/mol. The van der Waals surface area contributed by atoms with Crippen molar-refractivity contribution in [2.45, 2.75) is 18.6 Å². The maximum Gasteiger partial charge on any atom is 0.340 e. The maximum atomic E-state index is 13.6. The first kappa shape index (κ1) is 15.5. The summed E-state index contributed by atoms with van der Waals surface area (Å²) in [7, 11) is 1.16. The number of rotatable bonds is 3. The lowest BCUT2D eigenvalue weighted by Crippen LogP contribution is -2.25. The van der Waals surface area contributed by atoms with Gasteiger partial charge in [0.2, 0.25) is 5.91 Å². The van der Waals surface area contributed by atoms with Crippen LogP contribution >= 0.6 is 11.8 Å². The van der Waals surface area contributed by atoms with Crippen LogP contribution in [0.3, 0.4) is 0 Å². The number of hydrogen-bond acceptors (Lipinski definition) is 5. The van der Waals surface area contributed by atoms with Crippen molar-refractivity contribution >= 4 is 34.4 Å². The lowest BCUT2D eigenvalue weighted by Gasteiger charge is -2.17. The molecule has 5 nitrogen and oxygen atoms in total. The van der Waals surface area contributed by atoms with E-state index < -0.39 is 11.8 Å². The van der Waals surface area contributed by atoms with Crippen LogP contribution in [0.2, 0.25) is 0 Å². The van der Waals surface area contributed by atoms with Crippen LogP contribution in [0.1, 0.15) is 23.7 Å². The lowest BCUT2D eigenvalue weighted by molar-refractivity contribution is -0.117. The van der Waals surface area contributed by atoms with E-state index in [2.05, 4.69) is 4.74 Å². The van der Waals surface area contributed by atoms with Gasteiger partial charge < -0.3 is 9.64 Å². The second kappa shape index (κ2) is 6.26. The van der Waals surface area contributed by atoms with Crippen LogP contribution in [0.25, 0.3) is 0 Å². The molecule has 1 aliphatic heterocycles. The second-order valence-corrected chi connectivity index (χ2v) is 6.07. The Morgan fingerprint density at radius 2 is 2.14 bits per heavy atom. The third-order valence-electron chi connectivity index (χ3n) is 3.09. The number of benzene rings is 1. The van der Waals surface area contributed by atoms with Gasteiger partial charge in [-0.25, -0.2) is 9.18 Å². The Labute approximate surface area is 125 Å². The summed E-state index contributed by atoms with van der Waals surface area (Å²) >= 11 is 1.12. The largest absolute Gasteiger partial charge is 0.465 e. The molecule has 0 spiro atoms. The smallest absolute Gasteiger partial charge is 0.340 e. The van der Waals surface area contributed by atoms with Crippen molar-refractivity contribution in [3.8, 4) is 0 Å². The predicted molar refractivity (Wildman–Crippen MR) is 76.8 cm³/mol. The molecule has 1 aliphatic rings. The van der Waals surface area contributed by atoms with Gasteiger partial charge >= 0.3 is 5.97 Å². The van der Waals surface area contributed by atoms with Gasteiger partial charge in [-0.05, 0) is 18.2 Å². The fourth-order valence-corrected chi connectivity index (χ4v) is 3.10. The van der Waals surface area contributed by atoms with Gasteiger partial charge in [0.15, 0.2) is 5.12 Å². The van der Waals surface area contributed by atoms with Gasteiger partial charge in [0.05, 0.1) is 12.7 Å². The van der Waals surface area contributed by atoms with Gasteiger partial charge in [-0.15, -0.1) is 0 Å². The van der Waals surface area contributed by atoms with Gasteiger partial charge in [-0.3, -0.25) is 9.59 Å². The molecule has 0 N–H and O–H groups in total.